The first-order valence-electron chi connectivity index (χ1n) is 6.97. The predicted octanol–water partition coefficient (Wildman–Crippen LogP) is 3.08. The van der Waals surface area contributed by atoms with Crippen LogP contribution >= 0.6 is 0 Å². The summed E-state index contributed by atoms with van der Waals surface area (Å²) in [5.41, 5.74) is 1.08. The maximum Gasteiger partial charge on any atom is 0.203 e. The summed E-state index contributed by atoms with van der Waals surface area (Å²) in [7, 11) is 1.73. The highest BCUT2D eigenvalue weighted by Gasteiger charge is 2.09. The molecule has 18 heavy (non-hydrogen) atoms. The average Bonchev–Trinajstić information content (AvgIpc) is 2.72. The van der Waals surface area contributed by atoms with E-state index in [1.165, 1.54) is 12.8 Å². The Morgan fingerprint density at radius 2 is 2.11 bits per heavy atom. The van der Waals surface area contributed by atoms with Crippen molar-refractivity contribution in [2.45, 2.75) is 46.6 Å². The van der Waals surface area contributed by atoms with E-state index >= 15 is 0 Å². The van der Waals surface area contributed by atoms with Gasteiger partial charge in [0, 0.05) is 33.0 Å². The third kappa shape index (κ3) is 4.69. The number of anilines is 1. The molecule has 1 N–H and O–H groups in total. The van der Waals surface area contributed by atoms with Crippen molar-refractivity contribution >= 4 is 5.95 Å². The fraction of sp³-hybridized carbons (Fsp3) is 0.786. The highest BCUT2D eigenvalue weighted by molar-refractivity contribution is 5.28. The van der Waals surface area contributed by atoms with Gasteiger partial charge in [-0.05, 0) is 19.3 Å². The molecule has 0 atom stereocenters. The second-order valence-corrected chi connectivity index (χ2v) is 4.81. The van der Waals surface area contributed by atoms with Gasteiger partial charge in [0.15, 0.2) is 0 Å². The number of nitrogens with one attached hydrogen (secondary N) is 1. The van der Waals surface area contributed by atoms with E-state index in [4.69, 9.17) is 4.74 Å². The van der Waals surface area contributed by atoms with Gasteiger partial charge in [-0.2, -0.15) is 0 Å². The molecule has 0 aliphatic carbocycles. The third-order valence-electron chi connectivity index (χ3n) is 3.31. The lowest BCUT2D eigenvalue weighted by atomic mass is 10.0. The fourth-order valence-electron chi connectivity index (χ4n) is 2.07. The van der Waals surface area contributed by atoms with Crippen LogP contribution in [0, 0.1) is 12.8 Å². The van der Waals surface area contributed by atoms with Crippen molar-refractivity contribution in [3.8, 4) is 0 Å². The molecular weight excluding hydrogens is 226 g/mol. The zero-order valence-electron chi connectivity index (χ0n) is 12.2. The maximum absolute atomic E-state index is 5.05. The Morgan fingerprint density at radius 3 is 2.72 bits per heavy atom. The van der Waals surface area contributed by atoms with Gasteiger partial charge in [0.2, 0.25) is 5.95 Å². The molecule has 0 saturated carbocycles. The van der Waals surface area contributed by atoms with Crippen LogP contribution in [0.3, 0.4) is 0 Å². The van der Waals surface area contributed by atoms with Crippen molar-refractivity contribution in [3.63, 3.8) is 0 Å². The van der Waals surface area contributed by atoms with E-state index < -0.39 is 0 Å². The number of aryl methyl sites for hydroxylation is 1. The second kappa shape index (κ2) is 8.14. The molecule has 0 amide bonds. The number of imidazole rings is 1. The van der Waals surface area contributed by atoms with Crippen molar-refractivity contribution in [2.75, 3.05) is 25.6 Å². The lowest BCUT2D eigenvalue weighted by Gasteiger charge is -2.15. The lowest BCUT2D eigenvalue weighted by molar-refractivity contribution is 0.197. The SMILES string of the molecule is CCC(CC)Cn1cc(C)nc1NCCCOC. The Hall–Kier alpha value is -1.03. The van der Waals surface area contributed by atoms with Gasteiger partial charge in [-0.25, -0.2) is 4.98 Å². The topological polar surface area (TPSA) is 39.1 Å². The van der Waals surface area contributed by atoms with Crippen molar-refractivity contribution in [3.05, 3.63) is 11.9 Å². The van der Waals surface area contributed by atoms with Gasteiger partial charge in [0.25, 0.3) is 0 Å². The predicted molar refractivity (Wildman–Crippen MR) is 76.0 cm³/mol. The summed E-state index contributed by atoms with van der Waals surface area (Å²) in [5.74, 6) is 1.73. The number of hydrogen-bond donors (Lipinski definition) is 1. The van der Waals surface area contributed by atoms with Gasteiger partial charge in [-0.3, -0.25) is 0 Å². The van der Waals surface area contributed by atoms with Crippen molar-refractivity contribution in [2.24, 2.45) is 5.92 Å². The Balaban J connectivity index is 2.55. The Morgan fingerprint density at radius 1 is 1.39 bits per heavy atom. The monoisotopic (exact) mass is 253 g/mol. The van der Waals surface area contributed by atoms with E-state index in [1.807, 2.05) is 6.92 Å². The van der Waals surface area contributed by atoms with E-state index in [0.717, 1.165) is 43.7 Å². The zero-order valence-corrected chi connectivity index (χ0v) is 12.2. The molecule has 104 valence electrons. The summed E-state index contributed by atoms with van der Waals surface area (Å²) >= 11 is 0. The van der Waals surface area contributed by atoms with Crippen molar-refractivity contribution < 1.29 is 4.74 Å². The summed E-state index contributed by atoms with van der Waals surface area (Å²) in [4.78, 5) is 4.54. The molecule has 0 aliphatic heterocycles. The number of ether oxygens (including phenoxy) is 1. The van der Waals surface area contributed by atoms with Crippen LogP contribution in [0.1, 0.15) is 38.8 Å². The van der Waals surface area contributed by atoms with Crippen LogP contribution in [-0.2, 0) is 11.3 Å². The Bertz CT molecular complexity index is 332. The number of rotatable bonds is 9. The normalized spacial score (nSPS) is 11.2. The van der Waals surface area contributed by atoms with E-state index in [-0.39, 0.29) is 0 Å². The minimum Gasteiger partial charge on any atom is -0.385 e. The number of methoxy groups -OCH3 is 1. The van der Waals surface area contributed by atoms with Crippen LogP contribution in [0.2, 0.25) is 0 Å². The van der Waals surface area contributed by atoms with Gasteiger partial charge in [-0.1, -0.05) is 26.7 Å². The Labute approximate surface area is 111 Å². The fourth-order valence-corrected chi connectivity index (χ4v) is 2.07. The van der Waals surface area contributed by atoms with Gasteiger partial charge >= 0.3 is 0 Å². The third-order valence-corrected chi connectivity index (χ3v) is 3.31. The summed E-state index contributed by atoms with van der Waals surface area (Å²) in [5, 5.41) is 3.39. The van der Waals surface area contributed by atoms with Crippen molar-refractivity contribution in [1.82, 2.24) is 9.55 Å². The summed E-state index contributed by atoms with van der Waals surface area (Å²) < 4.78 is 7.30. The zero-order chi connectivity index (χ0) is 13.4. The summed E-state index contributed by atoms with van der Waals surface area (Å²) in [6, 6.07) is 0. The highest BCUT2D eigenvalue weighted by atomic mass is 16.5. The molecule has 0 unspecified atom stereocenters. The quantitative estimate of drug-likeness (QED) is 0.687. The average molecular weight is 253 g/mol. The molecule has 0 fully saturated rings. The van der Waals surface area contributed by atoms with E-state index in [1.54, 1.807) is 7.11 Å². The van der Waals surface area contributed by atoms with Crippen molar-refractivity contribution in [1.29, 1.82) is 0 Å². The molecule has 1 aromatic heterocycles. The Kier molecular flexibility index (Phi) is 6.80. The molecule has 1 heterocycles. The summed E-state index contributed by atoms with van der Waals surface area (Å²) in [6.07, 6.45) is 5.58. The van der Waals surface area contributed by atoms with Gasteiger partial charge in [-0.15, -0.1) is 0 Å². The molecule has 0 saturated heterocycles. The molecule has 1 rings (SSSR count). The molecule has 0 radical (unpaired) electrons. The second-order valence-electron chi connectivity index (χ2n) is 4.81. The lowest BCUT2D eigenvalue weighted by Crippen LogP contribution is -2.14. The molecular formula is C14H27N3O. The minimum absolute atomic E-state index is 0.734. The van der Waals surface area contributed by atoms with Gasteiger partial charge < -0.3 is 14.6 Å². The van der Waals surface area contributed by atoms with Crippen LogP contribution in [-0.4, -0.2) is 29.8 Å². The van der Waals surface area contributed by atoms with E-state index in [0.29, 0.717) is 0 Å². The van der Waals surface area contributed by atoms with Gasteiger partial charge in [0.1, 0.15) is 0 Å². The molecule has 4 nitrogen and oxygen atoms in total. The van der Waals surface area contributed by atoms with Crippen LogP contribution in [0.25, 0.3) is 0 Å². The van der Waals surface area contributed by atoms with Crippen LogP contribution in [0.5, 0.6) is 0 Å². The minimum atomic E-state index is 0.734. The van der Waals surface area contributed by atoms with Crippen LogP contribution in [0.4, 0.5) is 5.95 Å². The van der Waals surface area contributed by atoms with Crippen LogP contribution in [0.15, 0.2) is 6.20 Å². The molecule has 0 aromatic carbocycles. The largest absolute Gasteiger partial charge is 0.385 e. The highest BCUT2D eigenvalue weighted by Crippen LogP contribution is 2.16. The standard InChI is InChI=1S/C14H27N3O/c1-5-13(6-2)11-17-10-12(3)16-14(17)15-8-7-9-18-4/h10,13H,5-9,11H2,1-4H3,(H,15,16). The van der Waals surface area contributed by atoms with Gasteiger partial charge in [0.05, 0.1) is 5.69 Å². The number of aromatic nitrogens is 2. The first kappa shape index (κ1) is 15.0. The first-order chi connectivity index (χ1) is 8.71. The first-order valence-corrected chi connectivity index (χ1v) is 6.97. The molecule has 0 bridgehead atoms. The maximum atomic E-state index is 5.05. The van der Waals surface area contributed by atoms with E-state index in [2.05, 4.69) is 34.9 Å². The molecule has 4 heteroatoms. The molecule has 0 spiro atoms. The van der Waals surface area contributed by atoms with E-state index in [9.17, 15) is 0 Å². The molecule has 0 aliphatic rings. The number of nitrogens with zero attached hydrogens (tertiary/aromatic N) is 2. The van der Waals surface area contributed by atoms with Crippen LogP contribution < -0.4 is 5.32 Å². The molecule has 1 aromatic rings. The smallest absolute Gasteiger partial charge is 0.203 e. The summed E-state index contributed by atoms with van der Waals surface area (Å²) in [6.45, 7) is 9.31. The number of hydrogen-bond acceptors (Lipinski definition) is 3.